The third-order valence-corrected chi connectivity index (χ3v) is 2.35. The van der Waals surface area contributed by atoms with Gasteiger partial charge in [0.05, 0.1) is 10.8 Å². The van der Waals surface area contributed by atoms with Crippen molar-refractivity contribution in [3.05, 3.63) is 0 Å². The lowest BCUT2D eigenvalue weighted by Crippen LogP contribution is -2.22. The molecule has 0 amide bonds. The summed E-state index contributed by atoms with van der Waals surface area (Å²) in [4.78, 5) is 0. The van der Waals surface area contributed by atoms with Gasteiger partial charge in [0.1, 0.15) is 0 Å². The Labute approximate surface area is 51.7 Å². The van der Waals surface area contributed by atoms with Crippen LogP contribution < -0.4 is 0 Å². The van der Waals surface area contributed by atoms with Crippen LogP contribution in [0.5, 0.6) is 0 Å². The van der Waals surface area contributed by atoms with E-state index in [9.17, 15) is 8.60 Å². The van der Waals surface area contributed by atoms with E-state index in [1.54, 1.807) is 20.8 Å². The summed E-state index contributed by atoms with van der Waals surface area (Å²) in [6.07, 6.45) is 0. The lowest BCUT2D eigenvalue weighted by molar-refractivity contribution is 0.564. The van der Waals surface area contributed by atoms with Crippen molar-refractivity contribution in [1.29, 1.82) is 0 Å². The number of hydrogen-bond donors (Lipinski definition) is 0. The van der Waals surface area contributed by atoms with Crippen molar-refractivity contribution in [2.24, 2.45) is 0 Å². The van der Waals surface area contributed by atoms with Crippen LogP contribution in [0.2, 0.25) is 0 Å². The predicted octanol–water partition coefficient (Wildman–Crippen LogP) is 1.46. The molecule has 0 aromatic carbocycles. The molecule has 0 aromatic rings. The van der Waals surface area contributed by atoms with E-state index in [2.05, 4.69) is 0 Å². The lowest BCUT2D eigenvalue weighted by atomic mass is 10.3. The predicted molar refractivity (Wildman–Crippen MR) is 33.9 cm³/mol. The van der Waals surface area contributed by atoms with Gasteiger partial charge in [-0.3, -0.25) is 4.21 Å². The van der Waals surface area contributed by atoms with Crippen LogP contribution in [-0.2, 0) is 10.8 Å². The first-order valence-electron chi connectivity index (χ1n) is 2.43. The molecule has 8 heavy (non-hydrogen) atoms. The largest absolute Gasteiger partial charge is 0.256 e. The summed E-state index contributed by atoms with van der Waals surface area (Å²) in [5.74, 6) is 0. The molecule has 0 spiro atoms. The Morgan fingerprint density at radius 2 is 1.88 bits per heavy atom. The number of alkyl halides is 1. The minimum Gasteiger partial charge on any atom is -0.256 e. The van der Waals surface area contributed by atoms with Crippen molar-refractivity contribution >= 4 is 10.8 Å². The maximum absolute atomic E-state index is 11.6. The van der Waals surface area contributed by atoms with Gasteiger partial charge >= 0.3 is 0 Å². The lowest BCUT2D eigenvalue weighted by Gasteiger charge is -2.13. The van der Waals surface area contributed by atoms with Gasteiger partial charge in [-0.1, -0.05) is 0 Å². The Morgan fingerprint density at radius 3 is 1.88 bits per heavy atom. The quantitative estimate of drug-likeness (QED) is 0.536. The van der Waals surface area contributed by atoms with Crippen LogP contribution in [0.1, 0.15) is 20.8 Å². The summed E-state index contributed by atoms with van der Waals surface area (Å²) in [7, 11) is -1.31. The second-order valence-corrected chi connectivity index (χ2v) is 4.70. The molecule has 1 unspecified atom stereocenters. The molecule has 0 aromatic heterocycles. The Balaban J connectivity index is 3.82. The molecule has 0 rings (SSSR count). The summed E-state index contributed by atoms with van der Waals surface area (Å²) in [6.45, 7) is 5.26. The normalized spacial score (nSPS) is 16.0. The van der Waals surface area contributed by atoms with Crippen LogP contribution in [0.15, 0.2) is 0 Å². The number of halogens is 1. The van der Waals surface area contributed by atoms with Crippen LogP contribution in [0.4, 0.5) is 4.39 Å². The maximum Gasteiger partial charge on any atom is 0.165 e. The molecule has 0 N–H and O–H groups in total. The van der Waals surface area contributed by atoms with E-state index in [0.717, 1.165) is 0 Å². The number of hydrogen-bond acceptors (Lipinski definition) is 1. The molecule has 1 atom stereocenters. The highest BCUT2D eigenvalue weighted by Crippen LogP contribution is 2.10. The maximum atomic E-state index is 11.6. The molecule has 0 heterocycles. The second-order valence-electron chi connectivity index (χ2n) is 2.57. The Hall–Kier alpha value is 0.0800. The van der Waals surface area contributed by atoms with E-state index < -0.39 is 21.6 Å². The van der Waals surface area contributed by atoms with Crippen LogP contribution in [0, 0.1) is 0 Å². The highest BCUT2D eigenvalue weighted by molar-refractivity contribution is 7.86. The highest BCUT2D eigenvalue weighted by Gasteiger charge is 2.18. The molecule has 50 valence electrons. The molecule has 3 heteroatoms. The van der Waals surface area contributed by atoms with E-state index in [1.807, 2.05) is 0 Å². The zero-order chi connectivity index (χ0) is 6.78. The highest BCUT2D eigenvalue weighted by atomic mass is 32.2. The Bertz CT molecular complexity index is 95.1. The van der Waals surface area contributed by atoms with Gasteiger partial charge in [0.2, 0.25) is 0 Å². The SMILES string of the molecule is CC(C)(C)S(=O)CF. The first-order chi connectivity index (χ1) is 3.48. The van der Waals surface area contributed by atoms with Crippen molar-refractivity contribution in [2.75, 3.05) is 6.01 Å². The monoisotopic (exact) mass is 138 g/mol. The molecule has 0 fully saturated rings. The molecule has 0 bridgehead atoms. The zero-order valence-corrected chi connectivity index (χ0v) is 6.22. The van der Waals surface area contributed by atoms with Gasteiger partial charge < -0.3 is 0 Å². The zero-order valence-electron chi connectivity index (χ0n) is 5.40. The first kappa shape index (κ1) is 8.08. The molecule has 0 radical (unpaired) electrons. The van der Waals surface area contributed by atoms with E-state index in [1.165, 1.54) is 0 Å². The first-order valence-corrected chi connectivity index (χ1v) is 3.75. The standard InChI is InChI=1S/C5H11FOS/c1-5(2,3)8(7)4-6/h4H2,1-3H3. The molecule has 0 aliphatic heterocycles. The van der Waals surface area contributed by atoms with E-state index in [-0.39, 0.29) is 0 Å². The second kappa shape index (κ2) is 2.58. The minimum absolute atomic E-state index is 0.394. The topological polar surface area (TPSA) is 17.1 Å². The van der Waals surface area contributed by atoms with Gasteiger partial charge in [-0.25, -0.2) is 4.39 Å². The summed E-state index contributed by atoms with van der Waals surface area (Å²) in [6, 6.07) is -0.733. The fourth-order valence-corrected chi connectivity index (χ4v) is 0.491. The van der Waals surface area contributed by atoms with Crippen LogP contribution in [0.25, 0.3) is 0 Å². The van der Waals surface area contributed by atoms with Crippen molar-refractivity contribution < 1.29 is 8.60 Å². The van der Waals surface area contributed by atoms with Gasteiger partial charge in [-0.15, -0.1) is 0 Å². The van der Waals surface area contributed by atoms with E-state index >= 15 is 0 Å². The molecule has 0 saturated carbocycles. The summed E-state index contributed by atoms with van der Waals surface area (Å²) in [5, 5.41) is 0. The summed E-state index contributed by atoms with van der Waals surface area (Å²) >= 11 is 0. The molecular weight excluding hydrogens is 127 g/mol. The van der Waals surface area contributed by atoms with Gasteiger partial charge in [0.25, 0.3) is 0 Å². The van der Waals surface area contributed by atoms with Gasteiger partial charge in [0, 0.05) is 4.75 Å². The fourth-order valence-electron chi connectivity index (χ4n) is 0.164. The molecule has 0 aliphatic rings. The average Bonchev–Trinajstić information content (AvgIpc) is 1.62. The minimum atomic E-state index is -1.31. The third kappa shape index (κ3) is 2.40. The number of rotatable bonds is 1. The van der Waals surface area contributed by atoms with Crippen molar-refractivity contribution in [3.8, 4) is 0 Å². The van der Waals surface area contributed by atoms with E-state index in [0.29, 0.717) is 0 Å². The van der Waals surface area contributed by atoms with Crippen LogP contribution >= 0.6 is 0 Å². The van der Waals surface area contributed by atoms with Crippen LogP contribution in [0.3, 0.4) is 0 Å². The molecule has 0 saturated heterocycles. The van der Waals surface area contributed by atoms with Crippen LogP contribution in [-0.4, -0.2) is 15.0 Å². The molecule has 0 aliphatic carbocycles. The average molecular weight is 138 g/mol. The van der Waals surface area contributed by atoms with Crippen molar-refractivity contribution in [2.45, 2.75) is 25.5 Å². The Kier molecular flexibility index (Phi) is 2.60. The van der Waals surface area contributed by atoms with Crippen molar-refractivity contribution in [1.82, 2.24) is 0 Å². The third-order valence-electron chi connectivity index (χ3n) is 0.782. The Morgan fingerprint density at radius 1 is 1.50 bits per heavy atom. The molecule has 1 nitrogen and oxygen atoms in total. The van der Waals surface area contributed by atoms with Crippen molar-refractivity contribution in [3.63, 3.8) is 0 Å². The smallest absolute Gasteiger partial charge is 0.165 e. The van der Waals surface area contributed by atoms with Gasteiger partial charge in [-0.05, 0) is 20.8 Å². The van der Waals surface area contributed by atoms with Gasteiger partial charge in [0.15, 0.2) is 6.01 Å². The van der Waals surface area contributed by atoms with E-state index in [4.69, 9.17) is 0 Å². The summed E-state index contributed by atoms with van der Waals surface area (Å²) < 4.78 is 21.8. The fraction of sp³-hybridized carbons (Fsp3) is 1.00. The van der Waals surface area contributed by atoms with Gasteiger partial charge in [-0.2, -0.15) is 0 Å². The molecular formula is C5H11FOS. The summed E-state index contributed by atoms with van der Waals surface area (Å²) in [5.41, 5.74) is 0.